The van der Waals surface area contributed by atoms with Crippen LogP contribution in [-0.2, 0) is 6.42 Å². The van der Waals surface area contributed by atoms with Crippen molar-refractivity contribution in [3.63, 3.8) is 0 Å². The number of nitrogens with one attached hydrogen (secondary N) is 1. The second kappa shape index (κ2) is 8.97. The van der Waals surface area contributed by atoms with Crippen LogP contribution < -0.4 is 10.1 Å². The van der Waals surface area contributed by atoms with Crippen LogP contribution in [0, 0.1) is 0 Å². The number of methoxy groups -OCH3 is 1. The highest BCUT2D eigenvalue weighted by Gasteiger charge is 2.09. The number of ether oxygens (including phenoxy) is 1. The summed E-state index contributed by atoms with van der Waals surface area (Å²) in [6.45, 7) is -0.562. The lowest BCUT2D eigenvalue weighted by molar-refractivity contribution is 0.0903. The molecule has 0 saturated carbocycles. The molecule has 0 aliphatic rings. The third-order valence-electron chi connectivity index (χ3n) is 4.37. The molecule has 3 rings (SSSR count). The van der Waals surface area contributed by atoms with E-state index in [0.29, 0.717) is 16.8 Å². The van der Waals surface area contributed by atoms with E-state index in [1.54, 1.807) is 43.5 Å². The molecule has 2 N–H and O–H groups in total. The Balaban J connectivity index is 1.65. The zero-order chi connectivity index (χ0) is 19.9. The molecule has 5 nitrogen and oxygen atoms in total. The minimum absolute atomic E-state index is 0.260. The van der Waals surface area contributed by atoms with Gasteiger partial charge >= 0.3 is 0 Å². The van der Waals surface area contributed by atoms with Gasteiger partial charge in [-0.05, 0) is 53.9 Å². The van der Waals surface area contributed by atoms with Crippen LogP contribution in [0.2, 0.25) is 0 Å². The lowest BCUT2D eigenvalue weighted by Gasteiger charge is -2.08. The number of carbonyl (C=O) groups is 2. The van der Waals surface area contributed by atoms with Gasteiger partial charge in [-0.3, -0.25) is 9.59 Å². The van der Waals surface area contributed by atoms with Crippen molar-refractivity contribution in [3.05, 3.63) is 95.1 Å². The molecule has 0 unspecified atom stereocenters. The molecule has 0 atom stereocenters. The van der Waals surface area contributed by atoms with Gasteiger partial charge in [0.15, 0.2) is 5.78 Å². The number of hydrogen-bond donors (Lipinski definition) is 2. The number of rotatable bonds is 7. The normalized spacial score (nSPS) is 10.4. The first-order chi connectivity index (χ1) is 13.6. The van der Waals surface area contributed by atoms with Gasteiger partial charge < -0.3 is 15.2 Å². The number of aliphatic hydroxyl groups is 1. The largest absolute Gasteiger partial charge is 0.497 e. The third-order valence-corrected chi connectivity index (χ3v) is 4.37. The van der Waals surface area contributed by atoms with E-state index in [1.165, 1.54) is 0 Å². The van der Waals surface area contributed by atoms with E-state index in [4.69, 9.17) is 9.84 Å². The fourth-order valence-corrected chi connectivity index (χ4v) is 2.82. The van der Waals surface area contributed by atoms with E-state index in [0.717, 1.165) is 23.3 Å². The Hall–Kier alpha value is -3.44. The maximum atomic E-state index is 12.4. The summed E-state index contributed by atoms with van der Waals surface area (Å²) in [7, 11) is 1.64. The van der Waals surface area contributed by atoms with Gasteiger partial charge in [0, 0.05) is 16.8 Å². The highest BCUT2D eigenvalue weighted by Crippen LogP contribution is 2.17. The van der Waals surface area contributed by atoms with Gasteiger partial charge in [0.25, 0.3) is 5.91 Å². The summed E-state index contributed by atoms with van der Waals surface area (Å²) in [5, 5.41) is 11.7. The van der Waals surface area contributed by atoms with Crippen molar-refractivity contribution in [1.29, 1.82) is 0 Å². The molecule has 0 aliphatic heterocycles. The molecule has 0 aromatic heterocycles. The van der Waals surface area contributed by atoms with Gasteiger partial charge in [-0.1, -0.05) is 36.4 Å². The molecule has 142 valence electrons. The number of Topliss-reactive ketones (excluding diaryl/α,β-unsaturated/α-hetero) is 1. The van der Waals surface area contributed by atoms with Crippen LogP contribution in [0.4, 0.5) is 5.69 Å². The van der Waals surface area contributed by atoms with Crippen molar-refractivity contribution >= 4 is 17.4 Å². The molecule has 0 bridgehead atoms. The first kappa shape index (κ1) is 19.3. The SMILES string of the molecule is COc1ccc(Cc2ccc(C(=O)Nc3cccc(C(=O)CO)c3)cc2)cc1. The molecule has 0 radical (unpaired) electrons. The number of aliphatic hydroxyl groups excluding tert-OH is 1. The van der Waals surface area contributed by atoms with Crippen molar-refractivity contribution in [1.82, 2.24) is 0 Å². The summed E-state index contributed by atoms with van der Waals surface area (Å²) in [6, 6.07) is 21.8. The van der Waals surface area contributed by atoms with E-state index in [1.807, 2.05) is 36.4 Å². The van der Waals surface area contributed by atoms with Gasteiger partial charge in [0.2, 0.25) is 0 Å². The molecule has 0 spiro atoms. The Morgan fingerprint density at radius 2 is 1.54 bits per heavy atom. The van der Waals surface area contributed by atoms with Crippen LogP contribution in [0.25, 0.3) is 0 Å². The Morgan fingerprint density at radius 1 is 0.893 bits per heavy atom. The van der Waals surface area contributed by atoms with Crippen molar-refractivity contribution in [2.24, 2.45) is 0 Å². The maximum absolute atomic E-state index is 12.4. The molecule has 0 saturated heterocycles. The summed E-state index contributed by atoms with van der Waals surface area (Å²) in [6.07, 6.45) is 0.761. The van der Waals surface area contributed by atoms with Crippen LogP contribution in [0.3, 0.4) is 0 Å². The van der Waals surface area contributed by atoms with Crippen molar-refractivity contribution < 1.29 is 19.4 Å². The van der Waals surface area contributed by atoms with E-state index >= 15 is 0 Å². The highest BCUT2D eigenvalue weighted by molar-refractivity contribution is 6.05. The van der Waals surface area contributed by atoms with Crippen molar-refractivity contribution in [3.8, 4) is 5.75 Å². The number of benzene rings is 3. The van der Waals surface area contributed by atoms with Crippen LogP contribution in [0.15, 0.2) is 72.8 Å². The maximum Gasteiger partial charge on any atom is 0.255 e. The molecule has 5 heteroatoms. The summed E-state index contributed by atoms with van der Waals surface area (Å²) in [4.78, 5) is 24.0. The fraction of sp³-hybridized carbons (Fsp3) is 0.130. The molecule has 3 aromatic carbocycles. The lowest BCUT2D eigenvalue weighted by Crippen LogP contribution is -2.13. The predicted molar refractivity (Wildman–Crippen MR) is 108 cm³/mol. The molecule has 28 heavy (non-hydrogen) atoms. The first-order valence-electron chi connectivity index (χ1n) is 8.86. The zero-order valence-electron chi connectivity index (χ0n) is 15.5. The van der Waals surface area contributed by atoms with Gasteiger partial charge in [-0.25, -0.2) is 0 Å². The monoisotopic (exact) mass is 375 g/mol. The molecular formula is C23H21NO4. The smallest absolute Gasteiger partial charge is 0.255 e. The number of hydrogen-bond acceptors (Lipinski definition) is 4. The topological polar surface area (TPSA) is 75.6 Å². The number of ketones is 1. The fourth-order valence-electron chi connectivity index (χ4n) is 2.82. The summed E-state index contributed by atoms with van der Waals surface area (Å²) in [5.74, 6) is 0.170. The van der Waals surface area contributed by atoms with Crippen molar-refractivity contribution in [2.45, 2.75) is 6.42 Å². The van der Waals surface area contributed by atoms with Crippen molar-refractivity contribution in [2.75, 3.05) is 19.0 Å². The standard InChI is InChI=1S/C23H21NO4/c1-28-21-11-7-17(8-12-21)13-16-5-9-18(10-6-16)23(27)24-20-4-2-3-19(14-20)22(26)15-25/h2-12,14,25H,13,15H2,1H3,(H,24,27). The molecule has 0 heterocycles. The summed E-state index contributed by atoms with van der Waals surface area (Å²) < 4.78 is 5.16. The van der Waals surface area contributed by atoms with E-state index in [2.05, 4.69) is 5.32 Å². The highest BCUT2D eigenvalue weighted by atomic mass is 16.5. The quantitative estimate of drug-likeness (QED) is 0.617. The van der Waals surface area contributed by atoms with Crippen LogP contribution in [0.1, 0.15) is 31.8 Å². The number of amides is 1. The minimum atomic E-state index is -0.562. The van der Waals surface area contributed by atoms with Crippen LogP contribution in [-0.4, -0.2) is 30.5 Å². The average Bonchev–Trinajstić information content (AvgIpc) is 2.74. The van der Waals surface area contributed by atoms with Gasteiger partial charge in [-0.15, -0.1) is 0 Å². The summed E-state index contributed by atoms with van der Waals surface area (Å²) in [5.41, 5.74) is 3.64. The predicted octanol–water partition coefficient (Wildman–Crippen LogP) is 3.71. The first-order valence-corrected chi connectivity index (χ1v) is 8.86. The lowest BCUT2D eigenvalue weighted by atomic mass is 10.0. The third kappa shape index (κ3) is 4.84. The second-order valence-corrected chi connectivity index (χ2v) is 6.34. The average molecular weight is 375 g/mol. The molecule has 3 aromatic rings. The van der Waals surface area contributed by atoms with Gasteiger partial charge in [0.05, 0.1) is 7.11 Å². The Labute approximate surface area is 163 Å². The van der Waals surface area contributed by atoms with Crippen LogP contribution >= 0.6 is 0 Å². The molecule has 1 amide bonds. The zero-order valence-corrected chi connectivity index (χ0v) is 15.5. The molecule has 0 aliphatic carbocycles. The van der Waals surface area contributed by atoms with E-state index < -0.39 is 6.61 Å². The van der Waals surface area contributed by atoms with Gasteiger partial charge in [0.1, 0.15) is 12.4 Å². The van der Waals surface area contributed by atoms with E-state index in [9.17, 15) is 9.59 Å². The van der Waals surface area contributed by atoms with Crippen LogP contribution in [0.5, 0.6) is 5.75 Å². The number of anilines is 1. The van der Waals surface area contributed by atoms with Gasteiger partial charge in [-0.2, -0.15) is 0 Å². The van der Waals surface area contributed by atoms with E-state index in [-0.39, 0.29) is 11.7 Å². The Kier molecular flexibility index (Phi) is 6.19. The Morgan fingerprint density at radius 3 is 2.14 bits per heavy atom. The molecular weight excluding hydrogens is 354 g/mol. The Bertz CT molecular complexity index is 963. The molecule has 0 fully saturated rings. The second-order valence-electron chi connectivity index (χ2n) is 6.34. The summed E-state index contributed by atoms with van der Waals surface area (Å²) >= 11 is 0. The minimum Gasteiger partial charge on any atom is -0.497 e. The number of carbonyl (C=O) groups excluding carboxylic acids is 2.